The van der Waals surface area contributed by atoms with E-state index >= 15 is 0 Å². The zero-order chi connectivity index (χ0) is 30.5. The van der Waals surface area contributed by atoms with Gasteiger partial charge in [0.05, 0.1) is 4.90 Å². The number of nitrogens with zero attached hydrogens (tertiary/aromatic N) is 5. The van der Waals surface area contributed by atoms with E-state index in [1.54, 1.807) is 25.0 Å². The van der Waals surface area contributed by atoms with Crippen LogP contribution in [0.3, 0.4) is 0 Å². The molecule has 4 fully saturated rings. The number of hydrogen-bond acceptors (Lipinski definition) is 6. The van der Waals surface area contributed by atoms with Gasteiger partial charge in [-0.25, -0.2) is 8.42 Å². The van der Waals surface area contributed by atoms with E-state index in [2.05, 4.69) is 4.90 Å². The van der Waals surface area contributed by atoms with E-state index in [0.29, 0.717) is 50.1 Å². The summed E-state index contributed by atoms with van der Waals surface area (Å²) in [4.78, 5) is 4.78. The fourth-order valence-electron chi connectivity index (χ4n) is 7.32. The van der Waals surface area contributed by atoms with Crippen LogP contribution in [-0.2, 0) is 20.2 Å². The Bertz CT molecular complexity index is 1240. The second kappa shape index (κ2) is 14.5. The van der Waals surface area contributed by atoms with Gasteiger partial charge in [0.25, 0.3) is 10.2 Å². The zero-order valence-electron chi connectivity index (χ0n) is 26.6. The molecular formula is C32H55N5O4S2. The van der Waals surface area contributed by atoms with Gasteiger partial charge in [-0.05, 0) is 100 Å². The van der Waals surface area contributed by atoms with E-state index in [0.717, 1.165) is 76.7 Å². The van der Waals surface area contributed by atoms with Crippen molar-refractivity contribution in [1.29, 1.82) is 0 Å². The SMILES string of the molecule is CN(C)c1ccc(S(=O)(=O)N2CCCN(CC3CCCCC3)CCCN(S(=O)(=O)N3CCCCCC3)CC3(CC3)C2)cc1. The van der Waals surface area contributed by atoms with Gasteiger partial charge in [0.15, 0.2) is 0 Å². The summed E-state index contributed by atoms with van der Waals surface area (Å²) in [6, 6.07) is 7.15. The first-order valence-corrected chi connectivity index (χ1v) is 19.7. The fourth-order valence-corrected chi connectivity index (χ4v) is 10.8. The van der Waals surface area contributed by atoms with Crippen LogP contribution in [0.2, 0.25) is 0 Å². The summed E-state index contributed by atoms with van der Waals surface area (Å²) in [6.07, 6.45) is 13.7. The van der Waals surface area contributed by atoms with Crippen molar-refractivity contribution in [1.82, 2.24) is 17.8 Å². The van der Waals surface area contributed by atoms with Crippen LogP contribution in [0.5, 0.6) is 0 Å². The molecule has 1 aromatic carbocycles. The van der Waals surface area contributed by atoms with Crippen LogP contribution in [-0.4, -0.2) is 108 Å². The average Bonchev–Trinajstić information content (AvgIpc) is 3.80. The van der Waals surface area contributed by atoms with Crippen LogP contribution in [0.15, 0.2) is 29.2 Å². The summed E-state index contributed by atoms with van der Waals surface area (Å²) >= 11 is 0. The maximum absolute atomic E-state index is 14.1. The average molecular weight is 638 g/mol. The molecule has 11 heteroatoms. The van der Waals surface area contributed by atoms with Crippen LogP contribution in [0.4, 0.5) is 5.69 Å². The monoisotopic (exact) mass is 637 g/mol. The van der Waals surface area contributed by atoms with Crippen molar-refractivity contribution in [3.63, 3.8) is 0 Å². The first-order valence-electron chi connectivity index (χ1n) is 16.8. The quantitative estimate of drug-likeness (QED) is 0.434. The second-order valence-corrected chi connectivity index (χ2v) is 17.8. The Morgan fingerprint density at radius 2 is 1.21 bits per heavy atom. The third-order valence-electron chi connectivity index (χ3n) is 10.2. The normalized spacial score (nSPS) is 25.1. The molecule has 2 aliphatic heterocycles. The van der Waals surface area contributed by atoms with Crippen LogP contribution in [0.1, 0.15) is 83.5 Å². The van der Waals surface area contributed by atoms with E-state index in [1.807, 2.05) is 31.1 Å². The van der Waals surface area contributed by atoms with Crippen LogP contribution < -0.4 is 4.90 Å². The first-order chi connectivity index (χ1) is 20.6. The number of sulfonamides is 1. The van der Waals surface area contributed by atoms with E-state index in [4.69, 9.17) is 0 Å². The molecule has 0 amide bonds. The Labute approximate surface area is 261 Å². The highest BCUT2D eigenvalue weighted by Crippen LogP contribution is 2.48. The molecule has 2 saturated heterocycles. The smallest absolute Gasteiger partial charge is 0.281 e. The van der Waals surface area contributed by atoms with Crippen molar-refractivity contribution >= 4 is 25.9 Å². The minimum atomic E-state index is -3.73. The highest BCUT2D eigenvalue weighted by molar-refractivity contribution is 7.89. The van der Waals surface area contributed by atoms with Gasteiger partial charge in [-0.1, -0.05) is 32.1 Å². The van der Waals surface area contributed by atoms with Gasteiger partial charge in [-0.3, -0.25) is 0 Å². The highest BCUT2D eigenvalue weighted by atomic mass is 32.2. The maximum atomic E-state index is 14.1. The lowest BCUT2D eigenvalue weighted by molar-refractivity contribution is 0.175. The van der Waals surface area contributed by atoms with Gasteiger partial charge in [0.1, 0.15) is 0 Å². The maximum Gasteiger partial charge on any atom is 0.281 e. The van der Waals surface area contributed by atoms with Gasteiger partial charge in [0, 0.05) is 65.6 Å². The molecule has 5 rings (SSSR count). The minimum Gasteiger partial charge on any atom is -0.378 e. The van der Waals surface area contributed by atoms with Gasteiger partial charge in [-0.2, -0.15) is 21.3 Å². The number of rotatable bonds is 7. The summed E-state index contributed by atoms with van der Waals surface area (Å²) in [5, 5.41) is 0. The molecule has 0 unspecified atom stereocenters. The number of benzene rings is 1. The minimum absolute atomic E-state index is 0.314. The van der Waals surface area contributed by atoms with Crippen molar-refractivity contribution in [3.05, 3.63) is 24.3 Å². The van der Waals surface area contributed by atoms with Crippen LogP contribution >= 0.6 is 0 Å². The zero-order valence-corrected chi connectivity index (χ0v) is 28.3. The van der Waals surface area contributed by atoms with Crippen molar-refractivity contribution in [2.75, 3.05) is 77.9 Å². The largest absolute Gasteiger partial charge is 0.378 e. The van der Waals surface area contributed by atoms with Crippen LogP contribution in [0, 0.1) is 11.3 Å². The fraction of sp³-hybridized carbons (Fsp3) is 0.812. The Morgan fingerprint density at radius 3 is 1.79 bits per heavy atom. The molecule has 0 bridgehead atoms. The Balaban J connectivity index is 1.40. The van der Waals surface area contributed by atoms with E-state index in [9.17, 15) is 16.8 Å². The van der Waals surface area contributed by atoms with Gasteiger partial charge in [-0.15, -0.1) is 0 Å². The standard InChI is InChI=1S/C32H55N5O4S2/c1-33(2)30-14-16-31(17-15-30)42(38,39)36-24-10-20-34(26-29-12-6-5-7-13-29)21-11-25-37(28-32(27-36)18-19-32)43(40,41)35-22-8-3-4-9-23-35/h14-17,29H,3-13,18-28H2,1-2H3. The third-order valence-corrected chi connectivity index (χ3v) is 14.0. The molecule has 9 nitrogen and oxygen atoms in total. The molecule has 2 heterocycles. The summed E-state index contributed by atoms with van der Waals surface area (Å²) in [7, 11) is -3.45. The van der Waals surface area contributed by atoms with Crippen molar-refractivity contribution in [2.45, 2.75) is 88.4 Å². The highest BCUT2D eigenvalue weighted by Gasteiger charge is 2.49. The summed E-state index contributed by atoms with van der Waals surface area (Å²) in [6.45, 7) is 5.63. The Hall–Kier alpha value is -1.24. The molecule has 2 aliphatic carbocycles. The first kappa shape index (κ1) is 33.1. The Kier molecular flexibility index (Phi) is 11.1. The lowest BCUT2D eigenvalue weighted by Gasteiger charge is -2.36. The molecule has 4 aliphatic rings. The molecule has 1 aromatic rings. The van der Waals surface area contributed by atoms with E-state index in [-0.39, 0.29) is 5.41 Å². The summed E-state index contributed by atoms with van der Waals surface area (Å²) in [5.41, 5.74) is 0.635. The second-order valence-electron chi connectivity index (χ2n) is 13.9. The lowest BCUT2D eigenvalue weighted by Crippen LogP contribution is -2.50. The van der Waals surface area contributed by atoms with E-state index < -0.39 is 20.2 Å². The molecule has 43 heavy (non-hydrogen) atoms. The third kappa shape index (κ3) is 8.52. The predicted molar refractivity (Wildman–Crippen MR) is 174 cm³/mol. The molecule has 244 valence electrons. The molecule has 0 aromatic heterocycles. The molecule has 2 saturated carbocycles. The van der Waals surface area contributed by atoms with Gasteiger partial charge in [0.2, 0.25) is 10.0 Å². The predicted octanol–water partition coefficient (Wildman–Crippen LogP) is 4.62. The number of hydrogen-bond donors (Lipinski definition) is 0. The topological polar surface area (TPSA) is 84.5 Å². The summed E-state index contributed by atoms with van der Waals surface area (Å²) in [5.74, 6) is 0.684. The van der Waals surface area contributed by atoms with Crippen molar-refractivity contribution < 1.29 is 16.8 Å². The summed E-state index contributed by atoms with van der Waals surface area (Å²) < 4.78 is 61.6. The molecule has 0 N–H and O–H groups in total. The lowest BCUT2D eigenvalue weighted by atomic mass is 9.89. The van der Waals surface area contributed by atoms with Gasteiger partial charge >= 0.3 is 0 Å². The molecule has 0 atom stereocenters. The van der Waals surface area contributed by atoms with Crippen molar-refractivity contribution in [3.8, 4) is 0 Å². The van der Waals surface area contributed by atoms with E-state index in [1.165, 1.54) is 32.1 Å². The van der Waals surface area contributed by atoms with Crippen LogP contribution in [0.25, 0.3) is 0 Å². The van der Waals surface area contributed by atoms with Crippen molar-refractivity contribution in [2.24, 2.45) is 11.3 Å². The molecule has 1 spiro atoms. The Morgan fingerprint density at radius 1 is 0.674 bits per heavy atom. The number of anilines is 1. The van der Waals surface area contributed by atoms with Gasteiger partial charge < -0.3 is 9.80 Å². The molecule has 0 radical (unpaired) electrons. The molecular weight excluding hydrogens is 583 g/mol.